The van der Waals surface area contributed by atoms with E-state index in [4.69, 9.17) is 23.1 Å². The summed E-state index contributed by atoms with van der Waals surface area (Å²) >= 11 is 5.73. The lowest BCUT2D eigenvalue weighted by Gasteiger charge is -2.20. The molecular formula is C11H16Cl2N8O2. The van der Waals surface area contributed by atoms with E-state index in [1.165, 1.54) is 9.80 Å². The lowest BCUT2D eigenvalue weighted by atomic mass is 10.4. The minimum Gasteiger partial charge on any atom is -0.382 e. The Kier molecular flexibility index (Phi) is 5.93. The molecule has 0 atom stereocenters. The number of rotatable bonds is 1. The van der Waals surface area contributed by atoms with Crippen LogP contribution in [0.2, 0.25) is 5.15 Å². The number of aliphatic imine (C=N–C) groups is 1. The standard InChI is InChI=1S/C11H15ClN8O2.ClH/c1-19(2)11(22)20-4-3-15-10(20)18-9(21)5-7(13)17-8(14)6(12)16-5;/h3-4H2,1-2H3,(H4,13,14,17)(H,15,18,21);1H. The minimum absolute atomic E-state index is 0. The molecule has 1 aliphatic heterocycles. The van der Waals surface area contributed by atoms with Crippen LogP contribution in [0.5, 0.6) is 0 Å². The summed E-state index contributed by atoms with van der Waals surface area (Å²) in [6.07, 6.45) is 0. The first kappa shape index (κ1) is 18.7. The third-order valence-corrected chi connectivity index (χ3v) is 3.08. The number of nitrogen functional groups attached to an aromatic ring is 2. The van der Waals surface area contributed by atoms with Crippen LogP contribution >= 0.6 is 24.0 Å². The van der Waals surface area contributed by atoms with Crippen LogP contribution in [0.1, 0.15) is 10.5 Å². The van der Waals surface area contributed by atoms with Gasteiger partial charge in [0.2, 0.25) is 5.96 Å². The molecule has 0 radical (unpaired) electrons. The zero-order valence-corrected chi connectivity index (χ0v) is 14.0. The first-order chi connectivity index (χ1) is 10.3. The van der Waals surface area contributed by atoms with E-state index < -0.39 is 5.91 Å². The molecule has 0 unspecified atom stereocenters. The predicted molar refractivity (Wildman–Crippen MR) is 88.7 cm³/mol. The van der Waals surface area contributed by atoms with Gasteiger partial charge in [0.1, 0.15) is 0 Å². The SMILES string of the molecule is CN(C)C(=O)N1CCNC1=NC(=O)c1nc(Cl)c(N)nc1N.Cl. The second kappa shape index (κ2) is 7.29. The average molecular weight is 363 g/mol. The number of hydrogen-bond donors (Lipinski definition) is 3. The van der Waals surface area contributed by atoms with Gasteiger partial charge in [-0.1, -0.05) is 11.6 Å². The molecule has 0 saturated carbocycles. The largest absolute Gasteiger partial charge is 0.382 e. The summed E-state index contributed by atoms with van der Waals surface area (Å²) in [4.78, 5) is 38.2. The fourth-order valence-corrected chi connectivity index (χ4v) is 1.88. The van der Waals surface area contributed by atoms with Gasteiger partial charge in [-0.15, -0.1) is 12.4 Å². The van der Waals surface area contributed by atoms with Crippen molar-refractivity contribution in [2.24, 2.45) is 4.99 Å². The molecular weight excluding hydrogens is 347 g/mol. The van der Waals surface area contributed by atoms with Gasteiger partial charge in [0.25, 0.3) is 0 Å². The van der Waals surface area contributed by atoms with E-state index in [1.807, 2.05) is 0 Å². The number of guanidine groups is 1. The maximum atomic E-state index is 12.2. The van der Waals surface area contributed by atoms with E-state index in [2.05, 4.69) is 20.3 Å². The van der Waals surface area contributed by atoms with Crippen LogP contribution in [0, 0.1) is 0 Å². The summed E-state index contributed by atoms with van der Waals surface area (Å²) in [6, 6.07) is -0.300. The van der Waals surface area contributed by atoms with Crippen molar-refractivity contribution < 1.29 is 9.59 Å². The molecule has 23 heavy (non-hydrogen) atoms. The van der Waals surface area contributed by atoms with Crippen LogP contribution in [-0.4, -0.2) is 64.9 Å². The zero-order valence-electron chi connectivity index (χ0n) is 12.4. The van der Waals surface area contributed by atoms with Crippen LogP contribution in [-0.2, 0) is 0 Å². The van der Waals surface area contributed by atoms with Crippen molar-refractivity contribution in [3.05, 3.63) is 10.8 Å². The molecule has 1 aromatic heterocycles. The molecule has 2 heterocycles. The van der Waals surface area contributed by atoms with Crippen molar-refractivity contribution in [1.29, 1.82) is 0 Å². The van der Waals surface area contributed by atoms with Crippen LogP contribution in [0.4, 0.5) is 16.4 Å². The van der Waals surface area contributed by atoms with Gasteiger partial charge in [0.05, 0.1) is 0 Å². The molecule has 0 spiro atoms. The molecule has 12 heteroatoms. The van der Waals surface area contributed by atoms with Crippen molar-refractivity contribution in [2.45, 2.75) is 0 Å². The van der Waals surface area contributed by atoms with E-state index in [0.29, 0.717) is 13.1 Å². The highest BCUT2D eigenvalue weighted by Crippen LogP contribution is 2.18. The molecule has 2 rings (SSSR count). The lowest BCUT2D eigenvalue weighted by Crippen LogP contribution is -2.42. The summed E-state index contributed by atoms with van der Waals surface area (Å²) in [7, 11) is 3.20. The Morgan fingerprint density at radius 2 is 1.96 bits per heavy atom. The molecule has 10 nitrogen and oxygen atoms in total. The molecule has 0 aliphatic carbocycles. The maximum Gasteiger partial charge on any atom is 0.326 e. The number of aromatic nitrogens is 2. The molecule has 1 saturated heterocycles. The molecule has 0 aromatic carbocycles. The van der Waals surface area contributed by atoms with Gasteiger partial charge in [-0.25, -0.2) is 14.8 Å². The number of hydrogen-bond acceptors (Lipinski definition) is 6. The first-order valence-electron chi connectivity index (χ1n) is 6.25. The highest BCUT2D eigenvalue weighted by atomic mass is 35.5. The fourth-order valence-electron chi connectivity index (χ4n) is 1.76. The van der Waals surface area contributed by atoms with E-state index in [1.54, 1.807) is 14.1 Å². The number of halogens is 2. The highest BCUT2D eigenvalue weighted by molar-refractivity contribution is 6.31. The fraction of sp³-hybridized carbons (Fsp3) is 0.364. The number of carbonyl (C=O) groups is 2. The van der Waals surface area contributed by atoms with Crippen molar-refractivity contribution >= 4 is 53.5 Å². The van der Waals surface area contributed by atoms with Gasteiger partial charge in [0.15, 0.2) is 22.5 Å². The maximum absolute atomic E-state index is 12.2. The molecule has 5 N–H and O–H groups in total. The van der Waals surface area contributed by atoms with Gasteiger partial charge in [-0.2, -0.15) is 4.99 Å². The van der Waals surface area contributed by atoms with Gasteiger partial charge < -0.3 is 21.7 Å². The average Bonchev–Trinajstić information content (AvgIpc) is 2.89. The van der Waals surface area contributed by atoms with Gasteiger partial charge in [-0.05, 0) is 0 Å². The number of nitrogens with zero attached hydrogens (tertiary/aromatic N) is 5. The Bertz CT molecular complexity index is 664. The van der Waals surface area contributed by atoms with E-state index in [-0.39, 0.29) is 46.9 Å². The zero-order chi connectivity index (χ0) is 16.4. The van der Waals surface area contributed by atoms with Gasteiger partial charge in [0, 0.05) is 27.2 Å². The Morgan fingerprint density at radius 1 is 1.30 bits per heavy atom. The van der Waals surface area contributed by atoms with Crippen molar-refractivity contribution in [3.8, 4) is 0 Å². The third-order valence-electron chi connectivity index (χ3n) is 2.80. The number of carbonyl (C=O) groups excluding carboxylic acids is 2. The number of nitrogens with one attached hydrogen (secondary N) is 1. The van der Waals surface area contributed by atoms with Crippen molar-refractivity contribution in [1.82, 2.24) is 25.1 Å². The highest BCUT2D eigenvalue weighted by Gasteiger charge is 2.27. The van der Waals surface area contributed by atoms with E-state index >= 15 is 0 Å². The molecule has 3 amide bonds. The third kappa shape index (κ3) is 3.90. The van der Waals surface area contributed by atoms with Gasteiger partial charge in [-0.3, -0.25) is 9.69 Å². The number of anilines is 2. The molecule has 0 bridgehead atoms. The Hall–Kier alpha value is -2.33. The van der Waals surface area contributed by atoms with Crippen LogP contribution < -0.4 is 16.8 Å². The predicted octanol–water partition coefficient (Wildman–Crippen LogP) is -0.201. The van der Waals surface area contributed by atoms with Crippen LogP contribution in [0.3, 0.4) is 0 Å². The van der Waals surface area contributed by atoms with Crippen LogP contribution in [0.15, 0.2) is 4.99 Å². The van der Waals surface area contributed by atoms with Crippen molar-refractivity contribution in [3.63, 3.8) is 0 Å². The second-order valence-electron chi connectivity index (χ2n) is 4.63. The Balaban J connectivity index is 0.00000264. The molecule has 126 valence electrons. The number of amides is 3. The second-order valence-corrected chi connectivity index (χ2v) is 4.99. The molecule has 1 fully saturated rings. The normalized spacial score (nSPS) is 15.1. The summed E-state index contributed by atoms with van der Waals surface area (Å²) < 4.78 is 0. The van der Waals surface area contributed by atoms with E-state index in [0.717, 1.165) is 0 Å². The topological polar surface area (TPSA) is 143 Å². The van der Waals surface area contributed by atoms with E-state index in [9.17, 15) is 9.59 Å². The van der Waals surface area contributed by atoms with Crippen molar-refractivity contribution in [2.75, 3.05) is 38.7 Å². The monoisotopic (exact) mass is 362 g/mol. The van der Waals surface area contributed by atoms with Gasteiger partial charge >= 0.3 is 11.9 Å². The molecule has 1 aliphatic rings. The smallest absolute Gasteiger partial charge is 0.326 e. The summed E-state index contributed by atoms with van der Waals surface area (Å²) in [5.74, 6) is -0.905. The summed E-state index contributed by atoms with van der Waals surface area (Å²) in [5, 5.41) is 2.71. The first-order valence-corrected chi connectivity index (χ1v) is 6.63. The number of urea groups is 1. The Morgan fingerprint density at radius 3 is 2.57 bits per heavy atom. The quantitative estimate of drug-likeness (QED) is 0.627. The summed E-state index contributed by atoms with van der Waals surface area (Å²) in [6.45, 7) is 0.877. The summed E-state index contributed by atoms with van der Waals surface area (Å²) in [5.41, 5.74) is 10.8. The molecule has 1 aromatic rings. The Labute approximate surface area is 143 Å². The van der Waals surface area contributed by atoms with Crippen LogP contribution in [0.25, 0.3) is 0 Å². The minimum atomic E-state index is -0.771. The number of nitrogens with two attached hydrogens (primary N) is 2. The lowest BCUT2D eigenvalue weighted by molar-refractivity contribution is 0.0997.